The lowest BCUT2D eigenvalue weighted by molar-refractivity contribution is 0.600. The summed E-state index contributed by atoms with van der Waals surface area (Å²) >= 11 is 1.18. The van der Waals surface area contributed by atoms with Crippen LogP contribution in [-0.4, -0.2) is 19.7 Å². The third kappa shape index (κ3) is 2.00. The van der Waals surface area contributed by atoms with Crippen LogP contribution in [0.2, 0.25) is 0 Å². The van der Waals surface area contributed by atoms with Crippen LogP contribution in [0.4, 0.5) is 0 Å². The molecule has 0 amide bonds. The second-order valence-corrected chi connectivity index (χ2v) is 5.28. The molecule has 0 aliphatic rings. The van der Waals surface area contributed by atoms with E-state index in [1.807, 2.05) is 6.92 Å². The summed E-state index contributed by atoms with van der Waals surface area (Å²) in [6, 6.07) is 0. The number of hydrogen-bond acceptors (Lipinski definition) is 4. The second kappa shape index (κ2) is 2.91. The lowest BCUT2D eigenvalue weighted by atomic mass is 10.4. The fraction of sp³-hybridized carbons (Fsp3) is 0.500. The lowest BCUT2D eigenvalue weighted by Gasteiger charge is -1.87. The summed E-state index contributed by atoms with van der Waals surface area (Å²) in [5, 5.41) is 1.77. The molecule has 1 aromatic rings. The van der Waals surface area contributed by atoms with Gasteiger partial charge in [-0.05, 0) is 6.42 Å². The van der Waals surface area contributed by atoms with Crippen LogP contribution in [0, 0.1) is 0 Å². The van der Waals surface area contributed by atoms with Gasteiger partial charge in [-0.15, -0.1) is 11.3 Å². The Kier molecular flexibility index (Phi) is 2.29. The van der Waals surface area contributed by atoms with Gasteiger partial charge in [-0.25, -0.2) is 13.4 Å². The van der Waals surface area contributed by atoms with Crippen molar-refractivity contribution in [1.29, 1.82) is 0 Å². The first-order valence-corrected chi connectivity index (χ1v) is 5.95. The van der Waals surface area contributed by atoms with Crippen LogP contribution in [0.25, 0.3) is 0 Å². The average Bonchev–Trinajstić information content (AvgIpc) is 2.32. The number of aryl methyl sites for hydroxylation is 1. The van der Waals surface area contributed by atoms with Crippen LogP contribution in [-0.2, 0) is 16.3 Å². The Labute approximate surface area is 70.0 Å². The molecule has 0 N–H and O–H groups in total. The van der Waals surface area contributed by atoms with Crippen molar-refractivity contribution in [3.8, 4) is 0 Å². The largest absolute Gasteiger partial charge is 0.230 e. The Bertz CT molecular complexity index is 339. The highest BCUT2D eigenvalue weighted by Crippen LogP contribution is 2.15. The molecule has 1 rings (SSSR count). The first kappa shape index (κ1) is 8.67. The standard InChI is InChI=1S/C6H9NO2S2/c1-3-5-4-10-6(7-5)11(2,8)9/h4H,3H2,1-2H3. The molecular weight excluding hydrogens is 182 g/mol. The molecule has 0 aromatic carbocycles. The molecule has 11 heavy (non-hydrogen) atoms. The van der Waals surface area contributed by atoms with Crippen molar-refractivity contribution in [2.24, 2.45) is 0 Å². The predicted molar refractivity (Wildman–Crippen MR) is 44.6 cm³/mol. The summed E-state index contributed by atoms with van der Waals surface area (Å²) in [5.74, 6) is 0. The summed E-state index contributed by atoms with van der Waals surface area (Å²) in [5.41, 5.74) is 0.843. The van der Waals surface area contributed by atoms with E-state index < -0.39 is 9.84 Å². The van der Waals surface area contributed by atoms with Gasteiger partial charge in [0, 0.05) is 11.6 Å². The van der Waals surface area contributed by atoms with Crippen LogP contribution < -0.4 is 0 Å². The molecule has 62 valence electrons. The maximum atomic E-state index is 10.9. The number of nitrogens with zero attached hydrogens (tertiary/aromatic N) is 1. The SMILES string of the molecule is CCc1csc(S(C)(=O)=O)n1. The molecule has 0 aliphatic heterocycles. The zero-order valence-corrected chi connectivity index (χ0v) is 8.00. The van der Waals surface area contributed by atoms with Crippen LogP contribution in [0.1, 0.15) is 12.6 Å². The van der Waals surface area contributed by atoms with Crippen LogP contribution in [0.3, 0.4) is 0 Å². The fourth-order valence-electron chi connectivity index (χ4n) is 0.621. The number of hydrogen-bond donors (Lipinski definition) is 0. The van der Waals surface area contributed by atoms with Gasteiger partial charge in [-0.1, -0.05) is 6.92 Å². The van der Waals surface area contributed by atoms with Gasteiger partial charge >= 0.3 is 0 Å². The minimum atomic E-state index is -3.08. The molecule has 1 heterocycles. The third-order valence-electron chi connectivity index (χ3n) is 1.21. The maximum absolute atomic E-state index is 10.9. The molecule has 3 nitrogen and oxygen atoms in total. The Morgan fingerprint density at radius 1 is 1.64 bits per heavy atom. The third-order valence-corrected chi connectivity index (χ3v) is 3.82. The highest BCUT2D eigenvalue weighted by Gasteiger charge is 2.10. The molecule has 0 unspecified atom stereocenters. The van der Waals surface area contributed by atoms with Crippen molar-refractivity contribution in [2.45, 2.75) is 17.7 Å². The highest BCUT2D eigenvalue weighted by molar-refractivity contribution is 7.92. The maximum Gasteiger partial charge on any atom is 0.209 e. The summed E-state index contributed by atoms with van der Waals surface area (Å²) in [7, 11) is -3.08. The fourth-order valence-corrected chi connectivity index (χ4v) is 2.37. The molecule has 0 saturated heterocycles. The summed E-state index contributed by atoms with van der Waals surface area (Å²) in [6.07, 6.45) is 1.96. The molecule has 0 atom stereocenters. The van der Waals surface area contributed by atoms with Gasteiger partial charge < -0.3 is 0 Å². The van der Waals surface area contributed by atoms with Gasteiger partial charge in [0.2, 0.25) is 14.2 Å². The normalized spacial score (nSPS) is 11.8. The van der Waals surface area contributed by atoms with Crippen molar-refractivity contribution < 1.29 is 8.42 Å². The quantitative estimate of drug-likeness (QED) is 0.703. The number of rotatable bonds is 2. The van der Waals surface area contributed by atoms with E-state index in [1.54, 1.807) is 5.38 Å². The van der Waals surface area contributed by atoms with Gasteiger partial charge in [0.25, 0.3) is 0 Å². The van der Waals surface area contributed by atoms with Crippen molar-refractivity contribution in [3.63, 3.8) is 0 Å². The minimum absolute atomic E-state index is 0.217. The number of sulfone groups is 1. The average molecular weight is 191 g/mol. The number of aromatic nitrogens is 1. The summed E-state index contributed by atoms with van der Waals surface area (Å²) in [6.45, 7) is 1.95. The van der Waals surface area contributed by atoms with E-state index in [2.05, 4.69) is 4.98 Å². The molecule has 0 aliphatic carbocycles. The van der Waals surface area contributed by atoms with E-state index in [1.165, 1.54) is 17.6 Å². The van der Waals surface area contributed by atoms with Crippen LogP contribution in [0.15, 0.2) is 9.72 Å². The van der Waals surface area contributed by atoms with Gasteiger partial charge in [-0.3, -0.25) is 0 Å². The van der Waals surface area contributed by atoms with Crippen molar-refractivity contribution in [1.82, 2.24) is 4.98 Å². The zero-order valence-electron chi connectivity index (χ0n) is 6.36. The lowest BCUT2D eigenvalue weighted by Crippen LogP contribution is -1.95. The molecule has 0 bridgehead atoms. The molecule has 0 spiro atoms. The second-order valence-electron chi connectivity index (χ2n) is 2.23. The Morgan fingerprint density at radius 3 is 2.55 bits per heavy atom. The van der Waals surface area contributed by atoms with Crippen molar-refractivity contribution in [2.75, 3.05) is 6.26 Å². The molecule has 5 heteroatoms. The Balaban J connectivity index is 3.09. The summed E-state index contributed by atoms with van der Waals surface area (Å²) in [4.78, 5) is 3.93. The first-order valence-electron chi connectivity index (χ1n) is 3.18. The predicted octanol–water partition coefficient (Wildman–Crippen LogP) is 1.11. The zero-order chi connectivity index (χ0) is 8.48. The van der Waals surface area contributed by atoms with E-state index in [9.17, 15) is 8.42 Å². The topological polar surface area (TPSA) is 47.0 Å². The van der Waals surface area contributed by atoms with Crippen molar-refractivity contribution in [3.05, 3.63) is 11.1 Å². The van der Waals surface area contributed by atoms with Crippen LogP contribution >= 0.6 is 11.3 Å². The minimum Gasteiger partial charge on any atom is -0.230 e. The molecule has 0 radical (unpaired) electrons. The van der Waals surface area contributed by atoms with E-state index in [0.717, 1.165) is 12.1 Å². The Morgan fingerprint density at radius 2 is 2.27 bits per heavy atom. The molecule has 0 fully saturated rings. The molecule has 1 aromatic heterocycles. The smallest absolute Gasteiger partial charge is 0.209 e. The van der Waals surface area contributed by atoms with Gasteiger partial charge in [0.1, 0.15) is 0 Å². The van der Waals surface area contributed by atoms with Gasteiger partial charge in [-0.2, -0.15) is 0 Å². The van der Waals surface area contributed by atoms with Crippen LogP contribution in [0.5, 0.6) is 0 Å². The monoisotopic (exact) mass is 191 g/mol. The van der Waals surface area contributed by atoms with Crippen molar-refractivity contribution >= 4 is 21.2 Å². The van der Waals surface area contributed by atoms with Gasteiger partial charge in [0.05, 0.1) is 5.69 Å². The van der Waals surface area contributed by atoms with E-state index in [-0.39, 0.29) is 4.34 Å². The van der Waals surface area contributed by atoms with E-state index in [0.29, 0.717) is 0 Å². The van der Waals surface area contributed by atoms with E-state index >= 15 is 0 Å². The van der Waals surface area contributed by atoms with Gasteiger partial charge in [0.15, 0.2) is 0 Å². The highest BCUT2D eigenvalue weighted by atomic mass is 32.2. The Hall–Kier alpha value is -0.420. The molecule has 0 saturated carbocycles. The summed E-state index contributed by atoms with van der Waals surface area (Å²) < 4.78 is 22.0. The molecular formula is C6H9NO2S2. The number of thiazole rings is 1. The first-order chi connectivity index (χ1) is 5.04. The van der Waals surface area contributed by atoms with E-state index in [4.69, 9.17) is 0 Å².